The molecule has 24 heavy (non-hydrogen) atoms. The molecule has 1 aliphatic heterocycles. The summed E-state index contributed by atoms with van der Waals surface area (Å²) in [4.78, 5) is 23.6. The third-order valence-electron chi connectivity index (χ3n) is 5.43. The molecule has 0 aromatic carbocycles. The predicted octanol–water partition coefficient (Wildman–Crippen LogP) is 2.92. The van der Waals surface area contributed by atoms with Gasteiger partial charge in [-0.1, -0.05) is 19.3 Å². The van der Waals surface area contributed by atoms with E-state index < -0.39 is 0 Å². The standard InChI is InChI=1S/C19H29N3O2/c1-15-18(21-10-9-20-15)8-7-17-14-24-12-11-22(17)19(23)13-16-5-3-2-4-6-16/h9-10,16-17H,2-8,11-14H2,1H3/t17-/m1/s1. The van der Waals surface area contributed by atoms with E-state index in [0.717, 1.165) is 37.2 Å². The minimum atomic E-state index is 0.177. The van der Waals surface area contributed by atoms with E-state index in [1.165, 1.54) is 32.1 Å². The normalized spacial score (nSPS) is 22.5. The van der Waals surface area contributed by atoms with E-state index in [1.54, 1.807) is 12.4 Å². The summed E-state index contributed by atoms with van der Waals surface area (Å²) in [5, 5.41) is 0. The number of nitrogens with zero attached hydrogens (tertiary/aromatic N) is 3. The zero-order valence-electron chi connectivity index (χ0n) is 14.7. The lowest BCUT2D eigenvalue weighted by molar-refractivity contribution is -0.141. The lowest BCUT2D eigenvalue weighted by Gasteiger charge is -2.37. The molecule has 3 rings (SSSR count). The van der Waals surface area contributed by atoms with Gasteiger partial charge in [0, 0.05) is 25.4 Å². The number of morpholine rings is 1. The van der Waals surface area contributed by atoms with Crippen molar-refractivity contribution in [2.45, 2.75) is 64.3 Å². The Kier molecular flexibility index (Phi) is 6.18. The first kappa shape index (κ1) is 17.3. The summed E-state index contributed by atoms with van der Waals surface area (Å²) < 4.78 is 5.64. The fraction of sp³-hybridized carbons (Fsp3) is 0.737. The van der Waals surface area contributed by atoms with Crippen LogP contribution in [-0.2, 0) is 16.0 Å². The highest BCUT2D eigenvalue weighted by atomic mass is 16.5. The van der Waals surface area contributed by atoms with Crippen molar-refractivity contribution >= 4 is 5.91 Å². The number of ether oxygens (including phenoxy) is 1. The fourth-order valence-corrected chi connectivity index (χ4v) is 3.96. The van der Waals surface area contributed by atoms with Gasteiger partial charge in [-0.15, -0.1) is 0 Å². The number of aromatic nitrogens is 2. The Morgan fingerprint density at radius 3 is 2.83 bits per heavy atom. The van der Waals surface area contributed by atoms with Gasteiger partial charge in [-0.25, -0.2) is 0 Å². The van der Waals surface area contributed by atoms with Gasteiger partial charge in [0.15, 0.2) is 0 Å². The van der Waals surface area contributed by atoms with Crippen molar-refractivity contribution in [1.29, 1.82) is 0 Å². The maximum atomic E-state index is 12.8. The molecule has 1 saturated carbocycles. The Labute approximate surface area is 144 Å². The van der Waals surface area contributed by atoms with Crippen LogP contribution in [0.3, 0.4) is 0 Å². The van der Waals surface area contributed by atoms with E-state index in [4.69, 9.17) is 4.74 Å². The monoisotopic (exact) mass is 331 g/mol. The molecule has 0 spiro atoms. The first-order valence-electron chi connectivity index (χ1n) is 9.37. The molecule has 5 nitrogen and oxygen atoms in total. The van der Waals surface area contributed by atoms with Gasteiger partial charge in [0.05, 0.1) is 30.6 Å². The molecule has 0 unspecified atom stereocenters. The van der Waals surface area contributed by atoms with Gasteiger partial charge in [-0.3, -0.25) is 14.8 Å². The highest BCUT2D eigenvalue weighted by molar-refractivity contribution is 5.77. The quantitative estimate of drug-likeness (QED) is 0.832. The first-order valence-corrected chi connectivity index (χ1v) is 9.37. The molecule has 1 aliphatic carbocycles. The molecular formula is C19H29N3O2. The second-order valence-electron chi connectivity index (χ2n) is 7.15. The highest BCUT2D eigenvalue weighted by Gasteiger charge is 2.29. The van der Waals surface area contributed by atoms with E-state index in [-0.39, 0.29) is 6.04 Å². The maximum Gasteiger partial charge on any atom is 0.223 e. The van der Waals surface area contributed by atoms with Crippen molar-refractivity contribution in [2.75, 3.05) is 19.8 Å². The van der Waals surface area contributed by atoms with Crippen LogP contribution in [0.5, 0.6) is 0 Å². The van der Waals surface area contributed by atoms with E-state index in [2.05, 4.69) is 14.9 Å². The summed E-state index contributed by atoms with van der Waals surface area (Å²) in [6.45, 7) is 4.04. The second kappa shape index (κ2) is 8.56. The zero-order chi connectivity index (χ0) is 16.8. The van der Waals surface area contributed by atoms with Gasteiger partial charge in [0.25, 0.3) is 0 Å². The molecular weight excluding hydrogens is 302 g/mol. The maximum absolute atomic E-state index is 12.8. The van der Waals surface area contributed by atoms with Gasteiger partial charge in [0.1, 0.15) is 0 Å². The topological polar surface area (TPSA) is 55.3 Å². The molecule has 2 fully saturated rings. The molecule has 1 saturated heterocycles. The molecule has 0 bridgehead atoms. The van der Waals surface area contributed by atoms with Crippen LogP contribution in [0, 0.1) is 12.8 Å². The summed E-state index contributed by atoms with van der Waals surface area (Å²) in [6, 6.07) is 0.177. The van der Waals surface area contributed by atoms with Crippen LogP contribution in [0.1, 0.15) is 56.3 Å². The molecule has 1 aromatic rings. The predicted molar refractivity (Wildman–Crippen MR) is 92.6 cm³/mol. The molecule has 132 valence electrons. The Morgan fingerprint density at radius 1 is 1.25 bits per heavy atom. The van der Waals surface area contributed by atoms with Gasteiger partial charge in [-0.2, -0.15) is 0 Å². The first-order chi connectivity index (χ1) is 11.7. The Bertz CT molecular complexity index is 543. The molecule has 1 amide bonds. The van der Waals surface area contributed by atoms with Gasteiger partial charge in [-0.05, 0) is 38.5 Å². The number of hydrogen-bond donors (Lipinski definition) is 0. The third-order valence-corrected chi connectivity index (χ3v) is 5.43. The number of carbonyl (C=O) groups excluding carboxylic acids is 1. The number of amides is 1. The number of aryl methyl sites for hydroxylation is 2. The van der Waals surface area contributed by atoms with Crippen molar-refractivity contribution in [3.05, 3.63) is 23.8 Å². The number of hydrogen-bond acceptors (Lipinski definition) is 4. The summed E-state index contributed by atoms with van der Waals surface area (Å²) in [7, 11) is 0. The lowest BCUT2D eigenvalue weighted by Crippen LogP contribution is -2.49. The summed E-state index contributed by atoms with van der Waals surface area (Å²) >= 11 is 0. The Morgan fingerprint density at radius 2 is 2.04 bits per heavy atom. The van der Waals surface area contributed by atoms with E-state index in [1.807, 2.05) is 6.92 Å². The average molecular weight is 331 g/mol. The molecule has 5 heteroatoms. The number of carbonyl (C=O) groups is 1. The molecule has 0 radical (unpaired) electrons. The van der Waals surface area contributed by atoms with Gasteiger partial charge in [0.2, 0.25) is 5.91 Å². The van der Waals surface area contributed by atoms with Crippen LogP contribution in [0.25, 0.3) is 0 Å². The van der Waals surface area contributed by atoms with Crippen molar-refractivity contribution in [3.8, 4) is 0 Å². The zero-order valence-corrected chi connectivity index (χ0v) is 14.7. The van der Waals surface area contributed by atoms with E-state index in [9.17, 15) is 4.79 Å². The fourth-order valence-electron chi connectivity index (χ4n) is 3.96. The van der Waals surface area contributed by atoms with Crippen LogP contribution in [0.2, 0.25) is 0 Å². The molecule has 0 N–H and O–H groups in total. The van der Waals surface area contributed by atoms with Crippen LogP contribution < -0.4 is 0 Å². The Balaban J connectivity index is 1.56. The van der Waals surface area contributed by atoms with Crippen molar-refractivity contribution < 1.29 is 9.53 Å². The second-order valence-corrected chi connectivity index (χ2v) is 7.15. The van der Waals surface area contributed by atoms with Crippen molar-refractivity contribution in [2.24, 2.45) is 5.92 Å². The molecule has 2 aliphatic rings. The minimum Gasteiger partial charge on any atom is -0.377 e. The number of rotatable bonds is 5. The summed E-state index contributed by atoms with van der Waals surface area (Å²) in [5.41, 5.74) is 2.01. The molecule has 1 aromatic heterocycles. The van der Waals surface area contributed by atoms with Gasteiger partial charge >= 0.3 is 0 Å². The van der Waals surface area contributed by atoms with Crippen molar-refractivity contribution in [1.82, 2.24) is 14.9 Å². The molecule has 1 atom stereocenters. The summed E-state index contributed by atoms with van der Waals surface area (Å²) in [6.07, 6.45) is 12.3. The van der Waals surface area contributed by atoms with E-state index >= 15 is 0 Å². The van der Waals surface area contributed by atoms with Crippen LogP contribution in [0.15, 0.2) is 12.4 Å². The molecule has 2 heterocycles. The smallest absolute Gasteiger partial charge is 0.223 e. The van der Waals surface area contributed by atoms with Crippen molar-refractivity contribution in [3.63, 3.8) is 0 Å². The van der Waals surface area contributed by atoms with Crippen LogP contribution in [-0.4, -0.2) is 46.6 Å². The lowest BCUT2D eigenvalue weighted by atomic mass is 9.86. The summed E-state index contributed by atoms with van der Waals surface area (Å²) in [5.74, 6) is 0.919. The third kappa shape index (κ3) is 4.53. The van der Waals surface area contributed by atoms with E-state index in [0.29, 0.717) is 25.0 Å². The SMILES string of the molecule is Cc1nccnc1CC[C@@H]1COCCN1C(=O)CC1CCCCC1. The Hall–Kier alpha value is -1.49. The van der Waals surface area contributed by atoms with Crippen LogP contribution >= 0.6 is 0 Å². The highest BCUT2D eigenvalue weighted by Crippen LogP contribution is 2.27. The largest absolute Gasteiger partial charge is 0.377 e. The average Bonchev–Trinajstić information content (AvgIpc) is 2.62. The van der Waals surface area contributed by atoms with Gasteiger partial charge < -0.3 is 9.64 Å². The van der Waals surface area contributed by atoms with Crippen LogP contribution in [0.4, 0.5) is 0 Å². The minimum absolute atomic E-state index is 0.177.